The van der Waals surface area contributed by atoms with Crippen LogP contribution >= 0.6 is 28.4 Å². The van der Waals surface area contributed by atoms with Crippen LogP contribution in [0.25, 0.3) is 22.5 Å². The van der Waals surface area contributed by atoms with Gasteiger partial charge in [-0.1, -0.05) is 12.1 Å². The highest BCUT2D eigenvalue weighted by atomic mass is 127. The van der Waals surface area contributed by atoms with Crippen LogP contribution in [0.5, 0.6) is 5.75 Å². The number of hydrogen-bond donors (Lipinski definition) is 2. The van der Waals surface area contributed by atoms with E-state index in [1.54, 1.807) is 6.07 Å². The topological polar surface area (TPSA) is 103 Å². The molecule has 0 spiro atoms. The number of benzene rings is 2. The van der Waals surface area contributed by atoms with E-state index in [0.717, 1.165) is 28.1 Å². The lowest BCUT2D eigenvalue weighted by Gasteiger charge is -2.20. The van der Waals surface area contributed by atoms with Crippen LogP contribution in [-0.4, -0.2) is 37.6 Å². The molecule has 1 aliphatic rings. The standard InChI is InChI=1S/C27H27FIN6O3P/c1-27(2,3)34-24(36)15-38-23-10-17(6-9-21(23)28)25-32-22-14-37-13-20(22)26(33-25)31-19-7-4-16(5-8-19)18-11-30-35(12-18)39-29/h4-12,39H,13-15H2,1-3H3,(H,34,36)(H,31,32,33). The van der Waals surface area contributed by atoms with Gasteiger partial charge < -0.3 is 20.1 Å². The van der Waals surface area contributed by atoms with Crippen molar-refractivity contribution in [1.82, 2.24) is 24.8 Å². The monoisotopic (exact) mass is 660 g/mol. The molecule has 39 heavy (non-hydrogen) atoms. The molecule has 1 unspecified atom stereocenters. The third kappa shape index (κ3) is 6.71. The SMILES string of the molecule is CC(C)(C)NC(=O)COc1cc(-c2nc3c(c(Nc4ccc(-c5cnn(PI)c5)cc4)n2)COC3)ccc1F. The molecule has 2 aromatic carbocycles. The van der Waals surface area contributed by atoms with Crippen molar-refractivity contribution in [3.8, 4) is 28.3 Å². The maximum Gasteiger partial charge on any atom is 0.258 e. The van der Waals surface area contributed by atoms with Crippen LogP contribution in [0.1, 0.15) is 32.0 Å². The molecule has 1 amide bonds. The van der Waals surface area contributed by atoms with Gasteiger partial charge in [0.05, 0.1) is 31.5 Å². The molecule has 2 N–H and O–H groups in total. The molecule has 2 aromatic heterocycles. The van der Waals surface area contributed by atoms with Crippen LogP contribution < -0.4 is 15.4 Å². The van der Waals surface area contributed by atoms with Crippen molar-refractivity contribution in [1.29, 1.82) is 0 Å². The molecule has 0 saturated carbocycles. The number of ether oxygens (including phenoxy) is 2. The maximum absolute atomic E-state index is 14.5. The van der Waals surface area contributed by atoms with E-state index in [9.17, 15) is 9.18 Å². The highest BCUT2D eigenvalue weighted by Crippen LogP contribution is 2.33. The zero-order chi connectivity index (χ0) is 27.6. The molecule has 0 saturated heterocycles. The summed E-state index contributed by atoms with van der Waals surface area (Å²) in [5, 5.41) is 10.5. The second-order valence-electron chi connectivity index (χ2n) is 10.0. The van der Waals surface area contributed by atoms with Gasteiger partial charge in [-0.2, -0.15) is 5.10 Å². The van der Waals surface area contributed by atoms with Crippen molar-refractivity contribution in [2.45, 2.75) is 39.5 Å². The van der Waals surface area contributed by atoms with Gasteiger partial charge in [0.25, 0.3) is 5.91 Å². The first-order valence-electron chi connectivity index (χ1n) is 12.2. The van der Waals surface area contributed by atoms with Gasteiger partial charge in [0.2, 0.25) is 0 Å². The number of rotatable bonds is 8. The first-order valence-corrected chi connectivity index (χ1v) is 16.2. The van der Waals surface area contributed by atoms with Crippen LogP contribution in [0.3, 0.4) is 0 Å². The fraction of sp³-hybridized carbons (Fsp3) is 0.259. The summed E-state index contributed by atoms with van der Waals surface area (Å²) in [4.78, 5) is 21.6. The molecule has 1 aliphatic heterocycles. The average molecular weight is 660 g/mol. The van der Waals surface area contributed by atoms with Crippen LogP contribution in [0.2, 0.25) is 0 Å². The lowest BCUT2D eigenvalue weighted by Crippen LogP contribution is -2.43. The predicted molar refractivity (Wildman–Crippen MR) is 158 cm³/mol. The van der Waals surface area contributed by atoms with Gasteiger partial charge in [0.15, 0.2) is 24.0 Å². The summed E-state index contributed by atoms with van der Waals surface area (Å²) in [6, 6.07) is 12.4. The summed E-state index contributed by atoms with van der Waals surface area (Å²) in [7, 11) is 0. The van der Waals surface area contributed by atoms with Crippen LogP contribution in [0.4, 0.5) is 15.9 Å². The van der Waals surface area contributed by atoms with Crippen LogP contribution in [0, 0.1) is 5.82 Å². The van der Waals surface area contributed by atoms with Crippen molar-refractivity contribution in [3.05, 3.63) is 71.9 Å². The van der Waals surface area contributed by atoms with Crippen molar-refractivity contribution in [3.63, 3.8) is 0 Å². The fourth-order valence-corrected chi connectivity index (χ4v) is 5.12. The summed E-state index contributed by atoms with van der Waals surface area (Å²) < 4.78 is 27.5. The molecular weight excluding hydrogens is 633 g/mol. The Bertz CT molecular complexity index is 1510. The van der Waals surface area contributed by atoms with Crippen LogP contribution in [-0.2, 0) is 22.7 Å². The Kier molecular flexibility index (Phi) is 8.11. The minimum atomic E-state index is -0.574. The normalized spacial score (nSPS) is 13.1. The third-order valence-electron chi connectivity index (χ3n) is 5.79. The van der Waals surface area contributed by atoms with Crippen molar-refractivity contribution < 1.29 is 18.7 Å². The molecule has 3 heterocycles. The molecule has 1 atom stereocenters. The van der Waals surface area contributed by atoms with E-state index < -0.39 is 11.4 Å². The molecular formula is C27H27FIN6O3P. The second kappa shape index (κ2) is 11.5. The minimum Gasteiger partial charge on any atom is -0.481 e. The molecule has 202 valence electrons. The minimum absolute atomic E-state index is 0.0478. The van der Waals surface area contributed by atoms with Gasteiger partial charge in [-0.25, -0.2) is 18.8 Å². The highest BCUT2D eigenvalue weighted by Gasteiger charge is 2.22. The largest absolute Gasteiger partial charge is 0.481 e. The summed E-state index contributed by atoms with van der Waals surface area (Å²) in [5.41, 5.74) is 4.76. The van der Waals surface area contributed by atoms with Crippen molar-refractivity contribution in [2.75, 3.05) is 11.9 Å². The van der Waals surface area contributed by atoms with E-state index in [0.29, 0.717) is 36.8 Å². The van der Waals surface area contributed by atoms with Gasteiger partial charge >= 0.3 is 0 Å². The number of amides is 1. The van der Waals surface area contributed by atoms with E-state index >= 15 is 0 Å². The zero-order valence-electron chi connectivity index (χ0n) is 21.6. The van der Waals surface area contributed by atoms with Gasteiger partial charge in [-0.05, 0) is 78.7 Å². The molecule has 9 nitrogen and oxygen atoms in total. The van der Waals surface area contributed by atoms with E-state index in [4.69, 9.17) is 14.5 Å². The Balaban J connectivity index is 1.37. The zero-order valence-corrected chi connectivity index (χ0v) is 24.7. The molecule has 0 radical (unpaired) electrons. The van der Waals surface area contributed by atoms with E-state index in [1.807, 2.05) is 61.9 Å². The first-order chi connectivity index (χ1) is 18.7. The fourth-order valence-electron chi connectivity index (χ4n) is 4.04. The molecule has 0 aliphatic carbocycles. The molecule has 0 fully saturated rings. The Morgan fingerprint density at radius 1 is 1.13 bits per heavy atom. The summed E-state index contributed by atoms with van der Waals surface area (Å²) in [5.74, 6) is 0.0584. The number of carbonyl (C=O) groups is 1. The number of hydrogen-bond acceptors (Lipinski definition) is 7. The van der Waals surface area contributed by atoms with E-state index in [-0.39, 0.29) is 18.3 Å². The van der Waals surface area contributed by atoms with Gasteiger partial charge in [-0.3, -0.25) is 4.79 Å². The van der Waals surface area contributed by atoms with Crippen molar-refractivity contribution >= 4 is 45.8 Å². The number of nitrogens with zero attached hydrogens (tertiary/aromatic N) is 4. The summed E-state index contributed by atoms with van der Waals surface area (Å²) in [6.07, 6.45) is 4.42. The third-order valence-corrected chi connectivity index (χ3v) is 7.69. The first kappa shape index (κ1) is 27.4. The molecule has 0 bridgehead atoms. The Morgan fingerprint density at radius 3 is 2.62 bits per heavy atom. The number of halogens is 2. The summed E-state index contributed by atoms with van der Waals surface area (Å²) in [6.45, 7) is 6.04. The van der Waals surface area contributed by atoms with Crippen LogP contribution in [0.15, 0.2) is 54.9 Å². The lowest BCUT2D eigenvalue weighted by molar-refractivity contribution is -0.124. The van der Waals surface area contributed by atoms with Crippen molar-refractivity contribution in [2.24, 2.45) is 0 Å². The van der Waals surface area contributed by atoms with Gasteiger partial charge in [0, 0.05) is 34.1 Å². The average Bonchev–Trinajstić information content (AvgIpc) is 3.57. The Labute approximate surface area is 240 Å². The highest BCUT2D eigenvalue weighted by molar-refractivity contribution is 14.2. The Hall–Kier alpha value is -3.15. The van der Waals surface area contributed by atoms with Gasteiger partial charge in [0.1, 0.15) is 5.82 Å². The number of fused-ring (bicyclic) bond motifs is 1. The molecule has 5 rings (SSSR count). The number of nitrogens with one attached hydrogen (secondary N) is 2. The molecule has 12 heteroatoms. The number of carbonyl (C=O) groups excluding carboxylic acids is 1. The van der Waals surface area contributed by atoms with E-state index in [1.165, 1.54) is 12.1 Å². The number of anilines is 2. The predicted octanol–water partition coefficient (Wildman–Crippen LogP) is 6.01. The Morgan fingerprint density at radius 2 is 1.90 bits per heavy atom. The second-order valence-corrected chi connectivity index (χ2v) is 12.1. The smallest absolute Gasteiger partial charge is 0.258 e. The molecule has 4 aromatic rings. The quantitative estimate of drug-likeness (QED) is 0.177. The summed E-state index contributed by atoms with van der Waals surface area (Å²) >= 11 is 2.29. The van der Waals surface area contributed by atoms with E-state index in [2.05, 4.69) is 42.8 Å². The maximum atomic E-state index is 14.5. The van der Waals surface area contributed by atoms with Gasteiger partial charge in [-0.15, -0.1) is 0 Å². The lowest BCUT2D eigenvalue weighted by atomic mass is 10.1. The number of aromatic nitrogens is 4.